The lowest BCUT2D eigenvalue weighted by atomic mass is 9.63. The Morgan fingerprint density at radius 1 is 1.10 bits per heavy atom. The SMILES string of the molecule is CCOC(=O)[C@]12CC=CC[C@@]1(C(=O)OCC)NC(=O)C2=O. The van der Waals surface area contributed by atoms with Crippen molar-refractivity contribution >= 4 is 23.6 Å². The number of Topliss-reactive ketones (excluding diaryl/α,β-unsaturated/α-hetero) is 1. The van der Waals surface area contributed by atoms with Crippen LogP contribution in [0.15, 0.2) is 12.2 Å². The number of rotatable bonds is 4. The predicted octanol–water partition coefficient (Wildman–Crippen LogP) is -0.113. The van der Waals surface area contributed by atoms with E-state index in [1.807, 2.05) is 0 Å². The summed E-state index contributed by atoms with van der Waals surface area (Å²) in [5.74, 6) is -3.56. The summed E-state index contributed by atoms with van der Waals surface area (Å²) < 4.78 is 9.95. The molecule has 0 aromatic carbocycles. The Kier molecular flexibility index (Phi) is 3.85. The molecule has 0 aromatic heterocycles. The van der Waals surface area contributed by atoms with Crippen LogP contribution in [0.25, 0.3) is 0 Å². The molecule has 21 heavy (non-hydrogen) atoms. The standard InChI is InChI=1S/C14H17NO6/c1-3-20-11(18)13-7-5-6-8-14(13,12(19)21-4-2)15-10(17)9(13)16/h5-6H,3-4,7-8H2,1-2H3,(H,15,17)/t13-,14+/m1/s1. The molecule has 0 radical (unpaired) electrons. The monoisotopic (exact) mass is 295 g/mol. The van der Waals surface area contributed by atoms with Gasteiger partial charge in [0.05, 0.1) is 13.2 Å². The van der Waals surface area contributed by atoms with Crippen LogP contribution < -0.4 is 5.32 Å². The van der Waals surface area contributed by atoms with Gasteiger partial charge in [0.25, 0.3) is 5.91 Å². The molecule has 0 bridgehead atoms. The third kappa shape index (κ3) is 1.87. The van der Waals surface area contributed by atoms with Crippen molar-refractivity contribution in [2.75, 3.05) is 13.2 Å². The maximum atomic E-state index is 12.4. The Balaban J connectivity index is 2.59. The normalized spacial score (nSPS) is 30.6. The second-order valence-corrected chi connectivity index (χ2v) is 4.91. The van der Waals surface area contributed by atoms with Crippen molar-refractivity contribution in [1.29, 1.82) is 0 Å². The van der Waals surface area contributed by atoms with Gasteiger partial charge in [-0.25, -0.2) is 4.79 Å². The molecular formula is C14H17NO6. The van der Waals surface area contributed by atoms with Gasteiger partial charge in [0.15, 0.2) is 11.0 Å². The molecule has 1 aliphatic heterocycles. The number of esters is 2. The summed E-state index contributed by atoms with van der Waals surface area (Å²) in [5.41, 5.74) is -3.58. The third-order valence-electron chi connectivity index (χ3n) is 3.91. The van der Waals surface area contributed by atoms with Crippen molar-refractivity contribution in [1.82, 2.24) is 5.32 Å². The van der Waals surface area contributed by atoms with Gasteiger partial charge in [-0.3, -0.25) is 14.4 Å². The van der Waals surface area contributed by atoms with Crippen LogP contribution in [0.2, 0.25) is 0 Å². The molecule has 2 rings (SSSR count). The summed E-state index contributed by atoms with van der Waals surface area (Å²) in [6.45, 7) is 3.32. The lowest BCUT2D eigenvalue weighted by Crippen LogP contribution is -2.64. The zero-order chi connectivity index (χ0) is 15.7. The van der Waals surface area contributed by atoms with E-state index in [9.17, 15) is 19.2 Å². The van der Waals surface area contributed by atoms with Crippen LogP contribution >= 0.6 is 0 Å². The van der Waals surface area contributed by atoms with Gasteiger partial charge in [-0.2, -0.15) is 0 Å². The van der Waals surface area contributed by atoms with Crippen molar-refractivity contribution in [3.05, 3.63) is 12.2 Å². The van der Waals surface area contributed by atoms with Crippen LogP contribution in [0.3, 0.4) is 0 Å². The first-order valence-corrected chi connectivity index (χ1v) is 6.82. The van der Waals surface area contributed by atoms with Crippen LogP contribution in [0.1, 0.15) is 26.7 Å². The molecule has 1 saturated heterocycles. The average molecular weight is 295 g/mol. The number of ketones is 1. The van der Waals surface area contributed by atoms with Crippen LogP contribution in [0.5, 0.6) is 0 Å². The van der Waals surface area contributed by atoms with Gasteiger partial charge in [-0.05, 0) is 20.3 Å². The minimum Gasteiger partial charge on any atom is -0.465 e. The summed E-state index contributed by atoms with van der Waals surface area (Å²) in [7, 11) is 0. The number of amides is 1. The highest BCUT2D eigenvalue weighted by Gasteiger charge is 2.73. The van der Waals surface area contributed by atoms with E-state index in [1.54, 1.807) is 26.0 Å². The summed E-state index contributed by atoms with van der Waals surface area (Å²) in [5, 5.41) is 2.37. The first kappa shape index (κ1) is 15.2. The number of hydrogen-bond donors (Lipinski definition) is 1. The number of nitrogens with one attached hydrogen (secondary N) is 1. The van der Waals surface area contributed by atoms with E-state index in [0.29, 0.717) is 0 Å². The third-order valence-corrected chi connectivity index (χ3v) is 3.91. The lowest BCUT2D eigenvalue weighted by molar-refractivity contribution is -0.173. The van der Waals surface area contributed by atoms with E-state index in [1.165, 1.54) is 0 Å². The molecule has 1 N–H and O–H groups in total. The fraction of sp³-hybridized carbons (Fsp3) is 0.571. The second kappa shape index (κ2) is 5.31. The minimum atomic E-state index is -1.87. The van der Waals surface area contributed by atoms with Crippen LogP contribution in [0, 0.1) is 5.41 Å². The van der Waals surface area contributed by atoms with Crippen molar-refractivity contribution in [2.24, 2.45) is 5.41 Å². The zero-order valence-electron chi connectivity index (χ0n) is 11.9. The molecule has 2 aliphatic rings. The first-order chi connectivity index (χ1) is 9.96. The molecule has 1 fully saturated rings. The van der Waals surface area contributed by atoms with Crippen LogP contribution in [-0.4, -0.2) is 42.4 Å². The highest BCUT2D eigenvalue weighted by Crippen LogP contribution is 2.48. The van der Waals surface area contributed by atoms with Crippen LogP contribution in [0.4, 0.5) is 0 Å². The van der Waals surface area contributed by atoms with E-state index in [-0.39, 0.29) is 26.1 Å². The zero-order valence-corrected chi connectivity index (χ0v) is 11.9. The fourth-order valence-corrected chi connectivity index (χ4v) is 2.92. The number of fused-ring (bicyclic) bond motifs is 1. The second-order valence-electron chi connectivity index (χ2n) is 4.91. The topological polar surface area (TPSA) is 98.8 Å². The van der Waals surface area contributed by atoms with E-state index < -0.39 is 34.6 Å². The predicted molar refractivity (Wildman–Crippen MR) is 70.0 cm³/mol. The molecule has 1 amide bonds. The number of allylic oxidation sites excluding steroid dienone is 1. The highest BCUT2D eigenvalue weighted by atomic mass is 16.5. The van der Waals surface area contributed by atoms with Gasteiger partial charge in [-0.15, -0.1) is 0 Å². The highest BCUT2D eigenvalue weighted by molar-refractivity contribution is 6.46. The number of ether oxygens (including phenoxy) is 2. The molecule has 0 saturated carbocycles. The summed E-state index contributed by atoms with van der Waals surface area (Å²) in [6, 6.07) is 0. The Labute approximate surface area is 121 Å². The smallest absolute Gasteiger partial charge is 0.333 e. The van der Waals surface area contributed by atoms with Gasteiger partial charge < -0.3 is 14.8 Å². The van der Waals surface area contributed by atoms with Gasteiger partial charge in [-0.1, -0.05) is 12.2 Å². The summed E-state index contributed by atoms with van der Waals surface area (Å²) in [4.78, 5) is 49.0. The van der Waals surface area contributed by atoms with Gasteiger partial charge in [0.1, 0.15) is 0 Å². The molecule has 0 aromatic rings. The maximum Gasteiger partial charge on any atom is 0.333 e. The van der Waals surface area contributed by atoms with E-state index in [4.69, 9.17) is 9.47 Å². The lowest BCUT2D eigenvalue weighted by Gasteiger charge is -2.40. The van der Waals surface area contributed by atoms with Gasteiger partial charge in [0.2, 0.25) is 5.78 Å². The molecule has 114 valence electrons. The summed E-state index contributed by atoms with van der Waals surface area (Å²) >= 11 is 0. The Morgan fingerprint density at radius 2 is 1.67 bits per heavy atom. The average Bonchev–Trinajstić information content (AvgIpc) is 2.70. The Bertz CT molecular complexity index is 540. The van der Waals surface area contributed by atoms with Gasteiger partial charge >= 0.3 is 11.9 Å². The molecule has 7 nitrogen and oxygen atoms in total. The number of hydrogen-bond acceptors (Lipinski definition) is 6. The summed E-state index contributed by atoms with van der Waals surface area (Å²) in [6.07, 6.45) is 3.20. The molecule has 0 spiro atoms. The van der Waals surface area contributed by atoms with Crippen molar-refractivity contribution in [2.45, 2.75) is 32.2 Å². The van der Waals surface area contributed by atoms with Crippen LogP contribution in [-0.2, 0) is 28.7 Å². The van der Waals surface area contributed by atoms with Crippen molar-refractivity contribution in [3.8, 4) is 0 Å². The molecule has 0 unspecified atom stereocenters. The Morgan fingerprint density at radius 3 is 2.29 bits per heavy atom. The molecule has 7 heteroatoms. The van der Waals surface area contributed by atoms with E-state index >= 15 is 0 Å². The fourth-order valence-electron chi connectivity index (χ4n) is 2.92. The largest absolute Gasteiger partial charge is 0.465 e. The molecule has 1 heterocycles. The quantitative estimate of drug-likeness (QED) is 0.336. The number of carbonyl (C=O) groups is 4. The minimum absolute atomic E-state index is 0.0160. The maximum absolute atomic E-state index is 12.4. The Hall–Kier alpha value is -2.18. The molecular weight excluding hydrogens is 278 g/mol. The molecule has 2 atom stereocenters. The van der Waals surface area contributed by atoms with Crippen molar-refractivity contribution in [3.63, 3.8) is 0 Å². The van der Waals surface area contributed by atoms with Gasteiger partial charge in [0, 0.05) is 6.42 Å². The van der Waals surface area contributed by atoms with Crippen molar-refractivity contribution < 1.29 is 28.7 Å². The first-order valence-electron chi connectivity index (χ1n) is 6.82. The molecule has 1 aliphatic carbocycles. The van der Waals surface area contributed by atoms with E-state index in [0.717, 1.165) is 0 Å². The number of carbonyl (C=O) groups excluding carboxylic acids is 4. The van der Waals surface area contributed by atoms with E-state index in [2.05, 4.69) is 5.32 Å².